The zero-order valence-corrected chi connectivity index (χ0v) is 17.8. The minimum absolute atomic E-state index is 0.181. The number of hydrogen-bond donors (Lipinski definition) is 2. The van der Waals surface area contributed by atoms with Crippen LogP contribution in [0, 0.1) is 0 Å². The number of hydrogen-bond acceptors (Lipinski definition) is 6. The Kier molecular flexibility index (Phi) is 7.86. The van der Waals surface area contributed by atoms with Crippen molar-refractivity contribution < 1.29 is 23.5 Å². The van der Waals surface area contributed by atoms with E-state index in [1.165, 1.54) is 0 Å². The van der Waals surface area contributed by atoms with E-state index in [0.29, 0.717) is 42.5 Å². The van der Waals surface area contributed by atoms with Crippen molar-refractivity contribution in [2.75, 3.05) is 25.6 Å². The number of amides is 2. The SMILES string of the molecule is CCOC(=O)CCCCCNC(=O)Nc1cc(-c2nc3ccccc3o2)ccc1OC. The fourth-order valence-electron chi connectivity index (χ4n) is 3.11. The molecule has 0 aliphatic carbocycles. The van der Waals surface area contributed by atoms with Crippen molar-refractivity contribution in [3.8, 4) is 17.2 Å². The Labute approximate surface area is 180 Å². The number of anilines is 1. The number of benzene rings is 2. The van der Waals surface area contributed by atoms with Gasteiger partial charge in [-0.05, 0) is 50.1 Å². The molecule has 2 N–H and O–H groups in total. The van der Waals surface area contributed by atoms with Crippen molar-refractivity contribution in [3.63, 3.8) is 0 Å². The molecule has 0 radical (unpaired) electrons. The molecule has 0 fully saturated rings. The number of aromatic nitrogens is 1. The largest absolute Gasteiger partial charge is 0.495 e. The van der Waals surface area contributed by atoms with Crippen molar-refractivity contribution in [2.45, 2.75) is 32.6 Å². The van der Waals surface area contributed by atoms with Crippen molar-refractivity contribution >= 4 is 28.8 Å². The summed E-state index contributed by atoms with van der Waals surface area (Å²) in [5.41, 5.74) is 2.71. The Balaban J connectivity index is 1.54. The first kappa shape index (κ1) is 22.1. The molecule has 0 aliphatic rings. The van der Waals surface area contributed by atoms with Gasteiger partial charge < -0.3 is 24.5 Å². The Morgan fingerprint density at radius 2 is 1.94 bits per heavy atom. The Morgan fingerprint density at radius 3 is 2.71 bits per heavy atom. The van der Waals surface area contributed by atoms with E-state index in [-0.39, 0.29) is 12.0 Å². The summed E-state index contributed by atoms with van der Waals surface area (Å²) in [7, 11) is 1.54. The van der Waals surface area contributed by atoms with Crippen LogP contribution in [0.25, 0.3) is 22.6 Å². The van der Waals surface area contributed by atoms with Gasteiger partial charge in [-0.15, -0.1) is 0 Å². The average molecular weight is 425 g/mol. The van der Waals surface area contributed by atoms with Gasteiger partial charge in [0.1, 0.15) is 11.3 Å². The van der Waals surface area contributed by atoms with Gasteiger partial charge in [0, 0.05) is 18.5 Å². The molecule has 8 heteroatoms. The maximum Gasteiger partial charge on any atom is 0.319 e. The molecule has 0 spiro atoms. The van der Waals surface area contributed by atoms with Crippen LogP contribution in [0.4, 0.5) is 10.5 Å². The molecular formula is C23H27N3O5. The van der Waals surface area contributed by atoms with Crippen molar-refractivity contribution in [3.05, 3.63) is 42.5 Å². The lowest BCUT2D eigenvalue weighted by molar-refractivity contribution is -0.143. The van der Waals surface area contributed by atoms with Crippen LogP contribution in [0.3, 0.4) is 0 Å². The third kappa shape index (κ3) is 6.21. The molecule has 31 heavy (non-hydrogen) atoms. The van der Waals surface area contributed by atoms with Crippen molar-refractivity contribution in [1.82, 2.24) is 10.3 Å². The molecule has 8 nitrogen and oxygen atoms in total. The van der Waals surface area contributed by atoms with E-state index < -0.39 is 0 Å². The van der Waals surface area contributed by atoms with Gasteiger partial charge in [0.05, 0.1) is 19.4 Å². The van der Waals surface area contributed by atoms with E-state index in [2.05, 4.69) is 15.6 Å². The van der Waals surface area contributed by atoms with Crippen LogP contribution in [-0.2, 0) is 9.53 Å². The number of para-hydroxylation sites is 2. The second-order valence-electron chi connectivity index (χ2n) is 6.90. The van der Waals surface area contributed by atoms with Gasteiger partial charge in [0.2, 0.25) is 5.89 Å². The molecule has 0 atom stereocenters. The smallest absolute Gasteiger partial charge is 0.319 e. The van der Waals surface area contributed by atoms with E-state index in [0.717, 1.165) is 30.3 Å². The highest BCUT2D eigenvalue weighted by Crippen LogP contribution is 2.31. The summed E-state index contributed by atoms with van der Waals surface area (Å²) >= 11 is 0. The first-order valence-corrected chi connectivity index (χ1v) is 10.3. The topological polar surface area (TPSA) is 103 Å². The lowest BCUT2D eigenvalue weighted by atomic mass is 10.2. The number of rotatable bonds is 10. The van der Waals surface area contributed by atoms with Crippen molar-refractivity contribution in [1.29, 1.82) is 0 Å². The van der Waals surface area contributed by atoms with Crippen LogP contribution in [-0.4, -0.2) is 37.2 Å². The Morgan fingerprint density at radius 1 is 1.10 bits per heavy atom. The lowest BCUT2D eigenvalue weighted by Gasteiger charge is -2.12. The number of urea groups is 1. The summed E-state index contributed by atoms with van der Waals surface area (Å²) in [4.78, 5) is 28.1. The number of ether oxygens (including phenoxy) is 2. The second kappa shape index (κ2) is 11.0. The monoisotopic (exact) mass is 425 g/mol. The third-order valence-electron chi connectivity index (χ3n) is 4.64. The number of nitrogens with one attached hydrogen (secondary N) is 2. The minimum Gasteiger partial charge on any atom is -0.495 e. The number of carbonyl (C=O) groups excluding carboxylic acids is 2. The van der Waals surface area contributed by atoms with Gasteiger partial charge in [-0.25, -0.2) is 9.78 Å². The van der Waals surface area contributed by atoms with Crippen LogP contribution >= 0.6 is 0 Å². The molecule has 2 amide bonds. The van der Waals surface area contributed by atoms with E-state index in [1.54, 1.807) is 26.2 Å². The molecule has 0 bridgehead atoms. The average Bonchev–Trinajstić information content (AvgIpc) is 3.20. The number of unbranched alkanes of at least 4 members (excludes halogenated alkanes) is 2. The first-order chi connectivity index (χ1) is 15.1. The first-order valence-electron chi connectivity index (χ1n) is 10.3. The molecule has 1 aromatic heterocycles. The quantitative estimate of drug-likeness (QED) is 0.359. The minimum atomic E-state index is -0.335. The molecule has 0 saturated carbocycles. The third-order valence-corrected chi connectivity index (χ3v) is 4.64. The predicted molar refractivity (Wildman–Crippen MR) is 118 cm³/mol. The molecule has 0 unspecified atom stereocenters. The molecule has 0 aliphatic heterocycles. The van der Waals surface area contributed by atoms with Gasteiger partial charge >= 0.3 is 12.0 Å². The molecule has 3 rings (SSSR count). The van der Waals surface area contributed by atoms with Crippen LogP contribution in [0.1, 0.15) is 32.6 Å². The van der Waals surface area contributed by atoms with Crippen LogP contribution in [0.15, 0.2) is 46.9 Å². The lowest BCUT2D eigenvalue weighted by Crippen LogP contribution is -2.29. The zero-order valence-electron chi connectivity index (χ0n) is 17.8. The maximum atomic E-state index is 12.3. The van der Waals surface area contributed by atoms with Crippen LogP contribution < -0.4 is 15.4 Å². The predicted octanol–water partition coefficient (Wildman–Crippen LogP) is 4.75. The number of esters is 1. The normalized spacial score (nSPS) is 10.6. The zero-order chi connectivity index (χ0) is 22.1. The fraction of sp³-hybridized carbons (Fsp3) is 0.348. The molecule has 2 aromatic carbocycles. The molecule has 164 valence electrons. The molecule has 0 saturated heterocycles. The van der Waals surface area contributed by atoms with E-state index in [4.69, 9.17) is 13.9 Å². The summed E-state index contributed by atoms with van der Waals surface area (Å²) in [5.74, 6) is 0.817. The number of oxazole rings is 1. The van der Waals surface area contributed by atoms with Gasteiger partial charge in [-0.1, -0.05) is 18.6 Å². The van der Waals surface area contributed by atoms with Gasteiger partial charge in [0.25, 0.3) is 0 Å². The van der Waals surface area contributed by atoms with Crippen LogP contribution in [0.5, 0.6) is 5.75 Å². The fourth-order valence-corrected chi connectivity index (χ4v) is 3.11. The maximum absolute atomic E-state index is 12.3. The summed E-state index contributed by atoms with van der Waals surface area (Å²) in [6.07, 6.45) is 2.74. The molecular weight excluding hydrogens is 398 g/mol. The highest BCUT2D eigenvalue weighted by molar-refractivity contribution is 5.92. The van der Waals surface area contributed by atoms with Crippen LogP contribution in [0.2, 0.25) is 0 Å². The van der Waals surface area contributed by atoms with E-state index in [1.807, 2.05) is 30.3 Å². The molecule has 3 aromatic rings. The summed E-state index contributed by atoms with van der Waals surface area (Å²) in [5, 5.41) is 5.63. The Hall–Kier alpha value is -3.55. The van der Waals surface area contributed by atoms with Gasteiger partial charge in [-0.3, -0.25) is 4.79 Å². The Bertz CT molecular complexity index is 998. The number of nitrogens with zero attached hydrogens (tertiary/aromatic N) is 1. The number of carbonyl (C=O) groups is 2. The summed E-state index contributed by atoms with van der Waals surface area (Å²) < 4.78 is 16.1. The highest BCUT2D eigenvalue weighted by atomic mass is 16.5. The van der Waals surface area contributed by atoms with E-state index in [9.17, 15) is 9.59 Å². The standard InChI is InChI=1S/C23H27N3O5/c1-3-30-21(27)11-5-4-8-14-24-23(28)26-18-15-16(12-13-19(18)29-2)22-25-17-9-6-7-10-20(17)31-22/h6-7,9-10,12-13,15H,3-5,8,11,14H2,1-2H3,(H2,24,26,28). The summed E-state index contributed by atoms with van der Waals surface area (Å²) in [6, 6.07) is 12.5. The number of fused-ring (bicyclic) bond motifs is 1. The second-order valence-corrected chi connectivity index (χ2v) is 6.90. The van der Waals surface area contributed by atoms with Gasteiger partial charge in [0.15, 0.2) is 5.58 Å². The summed E-state index contributed by atoms with van der Waals surface area (Å²) in [6.45, 7) is 2.69. The highest BCUT2D eigenvalue weighted by Gasteiger charge is 2.13. The molecule has 1 heterocycles. The van der Waals surface area contributed by atoms with E-state index >= 15 is 0 Å². The van der Waals surface area contributed by atoms with Gasteiger partial charge in [-0.2, -0.15) is 0 Å². The van der Waals surface area contributed by atoms with Crippen molar-refractivity contribution in [2.24, 2.45) is 0 Å². The number of methoxy groups -OCH3 is 1.